The van der Waals surface area contributed by atoms with Crippen LogP contribution in [0.15, 0.2) is 55.0 Å². The maximum Gasteiger partial charge on any atom is 0.255 e. The standard InChI is InChI=1S/C28H31ClN6O3.ClH/c1-17-15-34(16-31-17)20-7-4-6-19(13-20)26(37)32-23-9-5-8-22(25(23)29)28(3)14-24(36)35(27(30)33-28)21-10-11-38-18(2)12-21;/h4-9,13,15-16,18,21H,10-12,14H2,1-3H3,(H2,30,33)(H,32,37);1H/t18-,21-,28+;/m1./s1. The Morgan fingerprint density at radius 1 is 1.28 bits per heavy atom. The summed E-state index contributed by atoms with van der Waals surface area (Å²) in [4.78, 5) is 32.2. The van der Waals surface area contributed by atoms with Crippen molar-refractivity contribution >= 4 is 47.5 Å². The van der Waals surface area contributed by atoms with Gasteiger partial charge >= 0.3 is 0 Å². The average Bonchev–Trinajstić information content (AvgIpc) is 3.31. The number of aromatic nitrogens is 2. The highest BCUT2D eigenvalue weighted by molar-refractivity contribution is 6.35. The second-order valence-electron chi connectivity index (χ2n) is 10.2. The minimum Gasteiger partial charge on any atom is -0.378 e. The van der Waals surface area contributed by atoms with E-state index >= 15 is 0 Å². The number of benzene rings is 2. The van der Waals surface area contributed by atoms with Gasteiger partial charge in [-0.2, -0.15) is 0 Å². The van der Waals surface area contributed by atoms with Crippen LogP contribution in [0.2, 0.25) is 5.02 Å². The Morgan fingerprint density at radius 3 is 2.74 bits per heavy atom. The van der Waals surface area contributed by atoms with Gasteiger partial charge in [0.25, 0.3) is 5.91 Å². The molecule has 2 fully saturated rings. The van der Waals surface area contributed by atoms with Gasteiger partial charge in [0.1, 0.15) is 0 Å². The molecule has 2 saturated heterocycles. The molecule has 0 spiro atoms. The van der Waals surface area contributed by atoms with Crippen LogP contribution in [0.3, 0.4) is 0 Å². The van der Waals surface area contributed by atoms with E-state index < -0.39 is 5.54 Å². The zero-order valence-electron chi connectivity index (χ0n) is 22.0. The maximum absolute atomic E-state index is 13.3. The van der Waals surface area contributed by atoms with E-state index in [0.29, 0.717) is 41.3 Å². The van der Waals surface area contributed by atoms with Crippen LogP contribution in [0.25, 0.3) is 5.69 Å². The molecule has 2 amide bonds. The van der Waals surface area contributed by atoms with Gasteiger partial charge in [-0.25, -0.2) is 4.98 Å². The number of hydrogen-bond donors (Lipinski definition) is 3. The molecule has 5 rings (SSSR count). The number of imidazole rings is 1. The Morgan fingerprint density at radius 2 is 2.05 bits per heavy atom. The van der Waals surface area contributed by atoms with Crippen LogP contribution < -0.4 is 10.6 Å². The number of rotatable bonds is 5. The van der Waals surface area contributed by atoms with E-state index in [1.807, 2.05) is 49.7 Å². The highest BCUT2D eigenvalue weighted by atomic mass is 35.5. The van der Waals surface area contributed by atoms with Crippen molar-refractivity contribution in [2.45, 2.75) is 57.7 Å². The second-order valence-corrected chi connectivity index (χ2v) is 10.6. The normalized spacial score (nSPS) is 23.1. The molecule has 0 radical (unpaired) electrons. The van der Waals surface area contributed by atoms with Crippen molar-refractivity contribution in [1.29, 1.82) is 5.41 Å². The average molecular weight is 572 g/mol. The summed E-state index contributed by atoms with van der Waals surface area (Å²) in [6.07, 6.45) is 5.15. The van der Waals surface area contributed by atoms with Crippen LogP contribution in [0.4, 0.5) is 5.69 Å². The number of anilines is 1. The van der Waals surface area contributed by atoms with E-state index in [9.17, 15) is 9.59 Å². The van der Waals surface area contributed by atoms with Gasteiger partial charge in [0.15, 0.2) is 5.96 Å². The molecule has 11 heteroatoms. The lowest BCUT2D eigenvalue weighted by molar-refractivity contribution is -0.134. The summed E-state index contributed by atoms with van der Waals surface area (Å²) in [5, 5.41) is 15.1. The summed E-state index contributed by atoms with van der Waals surface area (Å²) in [5.41, 5.74) is 2.33. The lowest BCUT2D eigenvalue weighted by atomic mass is 9.85. The first-order chi connectivity index (χ1) is 18.1. The zero-order chi connectivity index (χ0) is 27.0. The highest BCUT2D eigenvalue weighted by Crippen LogP contribution is 2.38. The molecule has 3 heterocycles. The third-order valence-electron chi connectivity index (χ3n) is 7.19. The van der Waals surface area contributed by atoms with Crippen molar-refractivity contribution in [3.8, 4) is 5.69 Å². The number of hydrogen-bond acceptors (Lipinski definition) is 5. The molecule has 39 heavy (non-hydrogen) atoms. The number of nitrogens with zero attached hydrogens (tertiary/aromatic N) is 3. The fourth-order valence-corrected chi connectivity index (χ4v) is 5.64. The van der Waals surface area contributed by atoms with Gasteiger partial charge in [0.2, 0.25) is 5.91 Å². The van der Waals surface area contributed by atoms with Crippen molar-refractivity contribution in [3.63, 3.8) is 0 Å². The Balaban J connectivity index is 0.00000353. The molecule has 3 N–H and O–H groups in total. The number of amides is 2. The SMILES string of the molecule is Cc1cn(-c2cccc(C(=O)Nc3cccc([C@]4(C)CC(=O)N([C@@H]5CCO[C@H](C)C5)C(=N)N4)c3Cl)c2)cn1.Cl. The molecule has 3 aromatic rings. The first-order valence-corrected chi connectivity index (χ1v) is 13.0. The number of halogens is 2. The lowest BCUT2D eigenvalue weighted by Crippen LogP contribution is -2.63. The molecule has 206 valence electrons. The van der Waals surface area contributed by atoms with Gasteiger partial charge in [0, 0.05) is 30.1 Å². The number of ether oxygens (including phenoxy) is 1. The van der Waals surface area contributed by atoms with Gasteiger partial charge < -0.3 is 19.9 Å². The summed E-state index contributed by atoms with van der Waals surface area (Å²) in [5.74, 6) is -0.388. The monoisotopic (exact) mass is 570 g/mol. The minimum atomic E-state index is -0.904. The van der Waals surface area contributed by atoms with E-state index in [-0.39, 0.29) is 48.7 Å². The summed E-state index contributed by atoms with van der Waals surface area (Å²) in [6, 6.07) is 12.5. The topological polar surface area (TPSA) is 112 Å². The molecule has 0 saturated carbocycles. The zero-order valence-corrected chi connectivity index (χ0v) is 23.6. The van der Waals surface area contributed by atoms with Crippen LogP contribution in [-0.2, 0) is 15.1 Å². The summed E-state index contributed by atoms with van der Waals surface area (Å²) in [6.45, 7) is 6.31. The first-order valence-electron chi connectivity index (χ1n) is 12.7. The Bertz CT molecular complexity index is 1390. The van der Waals surface area contributed by atoms with Crippen molar-refractivity contribution in [2.75, 3.05) is 11.9 Å². The quantitative estimate of drug-likeness (QED) is 0.397. The number of guanidine groups is 1. The molecule has 0 aliphatic carbocycles. The third kappa shape index (κ3) is 5.80. The van der Waals surface area contributed by atoms with Crippen molar-refractivity contribution in [3.05, 3.63) is 76.8 Å². The predicted molar refractivity (Wildman–Crippen MR) is 153 cm³/mol. The summed E-state index contributed by atoms with van der Waals surface area (Å²) >= 11 is 6.81. The van der Waals surface area contributed by atoms with Crippen LogP contribution in [0.1, 0.15) is 54.7 Å². The van der Waals surface area contributed by atoms with E-state index in [2.05, 4.69) is 15.6 Å². The molecule has 0 unspecified atom stereocenters. The van der Waals surface area contributed by atoms with Crippen molar-refractivity contribution in [1.82, 2.24) is 19.8 Å². The Labute approximate surface area is 238 Å². The van der Waals surface area contributed by atoms with Gasteiger partial charge in [-0.1, -0.05) is 29.8 Å². The van der Waals surface area contributed by atoms with Gasteiger partial charge in [-0.15, -0.1) is 12.4 Å². The van der Waals surface area contributed by atoms with Crippen molar-refractivity contribution in [2.24, 2.45) is 0 Å². The third-order valence-corrected chi connectivity index (χ3v) is 7.60. The fourth-order valence-electron chi connectivity index (χ4n) is 5.25. The van der Waals surface area contributed by atoms with Crippen LogP contribution in [0.5, 0.6) is 0 Å². The Hall–Kier alpha value is -3.40. The van der Waals surface area contributed by atoms with E-state index in [4.69, 9.17) is 21.7 Å². The smallest absolute Gasteiger partial charge is 0.255 e. The second kappa shape index (κ2) is 11.4. The van der Waals surface area contributed by atoms with Crippen LogP contribution in [-0.4, -0.2) is 51.0 Å². The molecule has 3 atom stereocenters. The molecule has 9 nitrogen and oxygen atoms in total. The molecule has 0 bridgehead atoms. The summed E-state index contributed by atoms with van der Waals surface area (Å²) in [7, 11) is 0. The fraction of sp³-hybridized carbons (Fsp3) is 0.357. The molecular weight excluding hydrogens is 539 g/mol. The van der Waals surface area contributed by atoms with Crippen LogP contribution in [0, 0.1) is 12.3 Å². The number of aryl methyl sites for hydroxylation is 1. The molecule has 2 aliphatic heterocycles. The van der Waals surface area contributed by atoms with Crippen LogP contribution >= 0.6 is 24.0 Å². The molecule has 2 aromatic carbocycles. The number of carbonyl (C=O) groups excluding carboxylic acids is 2. The molecule has 1 aromatic heterocycles. The maximum atomic E-state index is 13.3. The Kier molecular flexibility index (Phi) is 8.34. The first kappa shape index (κ1) is 28.6. The van der Waals surface area contributed by atoms with Crippen molar-refractivity contribution < 1.29 is 14.3 Å². The van der Waals surface area contributed by atoms with Gasteiger partial charge in [-0.05, 0) is 63.4 Å². The highest BCUT2D eigenvalue weighted by Gasteiger charge is 2.43. The predicted octanol–water partition coefficient (Wildman–Crippen LogP) is 5.05. The molecular formula is C28H32Cl2N6O3. The van der Waals surface area contributed by atoms with E-state index in [0.717, 1.165) is 11.4 Å². The van der Waals surface area contributed by atoms with E-state index in [1.54, 1.807) is 35.5 Å². The number of carbonyl (C=O) groups is 2. The van der Waals surface area contributed by atoms with E-state index in [1.165, 1.54) is 0 Å². The van der Waals surface area contributed by atoms with Gasteiger partial charge in [0.05, 0.1) is 40.8 Å². The van der Waals surface area contributed by atoms with Gasteiger partial charge in [-0.3, -0.25) is 19.9 Å². The lowest BCUT2D eigenvalue weighted by Gasteiger charge is -2.45. The summed E-state index contributed by atoms with van der Waals surface area (Å²) < 4.78 is 7.47. The number of nitrogens with one attached hydrogen (secondary N) is 3. The minimum absolute atomic E-state index is 0. The largest absolute Gasteiger partial charge is 0.378 e. The molecule has 2 aliphatic rings.